The minimum Gasteiger partial charge on any atom is -0.345 e. The molecule has 0 aliphatic carbocycles. The topological polar surface area (TPSA) is 32.3 Å². The van der Waals surface area contributed by atoms with E-state index >= 15 is 0 Å². The number of hydrogen-bond donors (Lipinski definition) is 1. The summed E-state index contributed by atoms with van der Waals surface area (Å²) in [5.41, 5.74) is 0.330. The minimum atomic E-state index is 0.330. The molecule has 2 saturated heterocycles. The van der Waals surface area contributed by atoms with Crippen LogP contribution in [0.3, 0.4) is 0 Å². The number of piperidine rings is 1. The number of likely N-dealkylation sites (tertiary alicyclic amines) is 1. The van der Waals surface area contributed by atoms with Crippen molar-refractivity contribution in [1.29, 1.82) is 0 Å². The molecule has 3 heteroatoms. The average molecular weight is 228 g/mol. The second-order valence-corrected chi connectivity index (χ2v) is 4.18. The number of carbonyl (C=O) groups is 1. The van der Waals surface area contributed by atoms with Crippen LogP contribution < -0.4 is 5.32 Å². The second-order valence-electron chi connectivity index (χ2n) is 4.18. The molecular formula is C13H28N2O. The third-order valence-corrected chi connectivity index (χ3v) is 3.19. The first-order valence-electron chi connectivity index (χ1n) is 6.67. The molecular weight excluding hydrogens is 200 g/mol. The monoisotopic (exact) mass is 228 g/mol. The fraction of sp³-hybridized carbons (Fsp3) is 0.923. The first kappa shape index (κ1) is 15.4. The highest BCUT2D eigenvalue weighted by Crippen LogP contribution is 2.38. The predicted molar refractivity (Wildman–Crippen MR) is 69.5 cm³/mol. The van der Waals surface area contributed by atoms with Crippen molar-refractivity contribution in [2.45, 2.75) is 47.0 Å². The Kier molecular flexibility index (Phi) is 7.39. The highest BCUT2D eigenvalue weighted by Gasteiger charge is 2.41. The molecule has 16 heavy (non-hydrogen) atoms. The number of hydrogen-bond acceptors (Lipinski definition) is 2. The quantitative estimate of drug-likeness (QED) is 0.690. The van der Waals surface area contributed by atoms with Gasteiger partial charge in [-0.05, 0) is 31.3 Å². The third-order valence-electron chi connectivity index (χ3n) is 3.19. The summed E-state index contributed by atoms with van der Waals surface area (Å²) in [6, 6.07) is 0. The molecule has 0 aromatic carbocycles. The van der Waals surface area contributed by atoms with Crippen molar-refractivity contribution >= 4 is 5.91 Å². The fourth-order valence-corrected chi connectivity index (χ4v) is 2.39. The summed E-state index contributed by atoms with van der Waals surface area (Å²) in [4.78, 5) is 13.2. The zero-order chi connectivity index (χ0) is 12.6. The first-order valence-corrected chi connectivity index (χ1v) is 6.67. The van der Waals surface area contributed by atoms with Gasteiger partial charge in [0.05, 0.1) is 0 Å². The SMILES string of the molecule is CC.CC.CN1CC2(CCNCC2)CC1=O. The summed E-state index contributed by atoms with van der Waals surface area (Å²) in [6.07, 6.45) is 3.12. The molecule has 0 bridgehead atoms. The van der Waals surface area contributed by atoms with Crippen LogP contribution in [0.25, 0.3) is 0 Å². The summed E-state index contributed by atoms with van der Waals surface area (Å²) in [6.45, 7) is 11.1. The molecule has 2 fully saturated rings. The van der Waals surface area contributed by atoms with Crippen molar-refractivity contribution in [1.82, 2.24) is 10.2 Å². The number of carbonyl (C=O) groups excluding carboxylic acids is 1. The minimum absolute atomic E-state index is 0.330. The van der Waals surface area contributed by atoms with E-state index in [0.29, 0.717) is 11.3 Å². The number of amides is 1. The van der Waals surface area contributed by atoms with Crippen LogP contribution >= 0.6 is 0 Å². The van der Waals surface area contributed by atoms with Gasteiger partial charge in [-0.1, -0.05) is 27.7 Å². The highest BCUT2D eigenvalue weighted by molar-refractivity contribution is 5.79. The van der Waals surface area contributed by atoms with Crippen molar-refractivity contribution < 1.29 is 4.79 Å². The molecule has 2 rings (SSSR count). The van der Waals surface area contributed by atoms with Crippen molar-refractivity contribution in [2.75, 3.05) is 26.7 Å². The van der Waals surface area contributed by atoms with Crippen molar-refractivity contribution in [3.63, 3.8) is 0 Å². The molecule has 3 nitrogen and oxygen atoms in total. The molecule has 0 aromatic heterocycles. The molecule has 0 aromatic rings. The van der Waals surface area contributed by atoms with E-state index in [0.717, 1.165) is 26.1 Å². The van der Waals surface area contributed by atoms with E-state index in [1.807, 2.05) is 39.6 Å². The average Bonchev–Trinajstić information content (AvgIpc) is 2.60. The van der Waals surface area contributed by atoms with Crippen LogP contribution in [0.4, 0.5) is 0 Å². The van der Waals surface area contributed by atoms with Gasteiger partial charge in [-0.2, -0.15) is 0 Å². The normalized spacial score (nSPS) is 22.1. The van der Waals surface area contributed by atoms with Gasteiger partial charge in [0.2, 0.25) is 5.91 Å². The Morgan fingerprint density at radius 3 is 2.00 bits per heavy atom. The number of rotatable bonds is 0. The van der Waals surface area contributed by atoms with Crippen LogP contribution in [-0.4, -0.2) is 37.5 Å². The zero-order valence-electron chi connectivity index (χ0n) is 11.6. The summed E-state index contributed by atoms with van der Waals surface area (Å²) in [5, 5.41) is 3.34. The van der Waals surface area contributed by atoms with E-state index < -0.39 is 0 Å². The lowest BCUT2D eigenvalue weighted by molar-refractivity contribution is -0.126. The van der Waals surface area contributed by atoms with E-state index in [2.05, 4.69) is 5.32 Å². The van der Waals surface area contributed by atoms with Gasteiger partial charge in [-0.25, -0.2) is 0 Å². The van der Waals surface area contributed by atoms with E-state index in [1.165, 1.54) is 12.8 Å². The summed E-state index contributed by atoms with van der Waals surface area (Å²) >= 11 is 0. The number of nitrogens with zero attached hydrogens (tertiary/aromatic N) is 1. The van der Waals surface area contributed by atoms with Crippen LogP contribution in [-0.2, 0) is 4.79 Å². The summed E-state index contributed by atoms with van der Waals surface area (Å²) in [5.74, 6) is 0.330. The maximum Gasteiger partial charge on any atom is 0.222 e. The van der Waals surface area contributed by atoms with Crippen LogP contribution in [0.15, 0.2) is 0 Å². The van der Waals surface area contributed by atoms with Gasteiger partial charge in [-0.3, -0.25) is 4.79 Å². The van der Waals surface area contributed by atoms with Gasteiger partial charge >= 0.3 is 0 Å². The van der Waals surface area contributed by atoms with Gasteiger partial charge in [0.1, 0.15) is 0 Å². The lowest BCUT2D eigenvalue weighted by Gasteiger charge is -2.32. The zero-order valence-corrected chi connectivity index (χ0v) is 11.6. The Hall–Kier alpha value is -0.570. The lowest BCUT2D eigenvalue weighted by atomic mass is 9.78. The van der Waals surface area contributed by atoms with Gasteiger partial charge in [0.15, 0.2) is 0 Å². The van der Waals surface area contributed by atoms with E-state index in [-0.39, 0.29) is 0 Å². The maximum atomic E-state index is 11.4. The molecule has 2 aliphatic rings. The molecule has 2 heterocycles. The van der Waals surface area contributed by atoms with Gasteiger partial charge < -0.3 is 10.2 Å². The van der Waals surface area contributed by atoms with Crippen LogP contribution in [0.2, 0.25) is 0 Å². The molecule has 1 amide bonds. The first-order chi connectivity index (χ1) is 7.72. The van der Waals surface area contributed by atoms with E-state index in [1.54, 1.807) is 0 Å². The smallest absolute Gasteiger partial charge is 0.222 e. The van der Waals surface area contributed by atoms with Gasteiger partial charge in [-0.15, -0.1) is 0 Å². The largest absolute Gasteiger partial charge is 0.345 e. The molecule has 0 atom stereocenters. The Balaban J connectivity index is 0.000000509. The third kappa shape index (κ3) is 3.78. The second kappa shape index (κ2) is 7.66. The Labute approximate surface area is 101 Å². The van der Waals surface area contributed by atoms with Crippen molar-refractivity contribution in [3.8, 4) is 0 Å². The lowest BCUT2D eigenvalue weighted by Crippen LogP contribution is -2.38. The Bertz CT molecular complexity index is 198. The van der Waals surface area contributed by atoms with E-state index in [4.69, 9.17) is 0 Å². The molecule has 2 aliphatic heterocycles. The predicted octanol–water partition coefficient (Wildman–Crippen LogP) is 2.27. The highest BCUT2D eigenvalue weighted by atomic mass is 16.2. The fourth-order valence-electron chi connectivity index (χ4n) is 2.39. The van der Waals surface area contributed by atoms with Crippen LogP contribution in [0.5, 0.6) is 0 Å². The van der Waals surface area contributed by atoms with E-state index in [9.17, 15) is 4.79 Å². The Morgan fingerprint density at radius 1 is 1.12 bits per heavy atom. The van der Waals surface area contributed by atoms with Crippen molar-refractivity contribution in [2.24, 2.45) is 5.41 Å². The summed E-state index contributed by atoms with van der Waals surface area (Å²) in [7, 11) is 1.92. The molecule has 0 radical (unpaired) electrons. The van der Waals surface area contributed by atoms with Crippen molar-refractivity contribution in [3.05, 3.63) is 0 Å². The van der Waals surface area contributed by atoms with Crippen LogP contribution in [0.1, 0.15) is 47.0 Å². The molecule has 1 N–H and O–H groups in total. The van der Waals surface area contributed by atoms with Gasteiger partial charge in [0.25, 0.3) is 0 Å². The Morgan fingerprint density at radius 2 is 1.62 bits per heavy atom. The molecule has 0 saturated carbocycles. The molecule has 0 unspecified atom stereocenters. The maximum absolute atomic E-state index is 11.4. The van der Waals surface area contributed by atoms with Crippen LogP contribution in [0, 0.1) is 5.41 Å². The van der Waals surface area contributed by atoms with Gasteiger partial charge in [0, 0.05) is 20.0 Å². The molecule has 1 spiro atoms. The summed E-state index contributed by atoms with van der Waals surface area (Å²) < 4.78 is 0. The number of nitrogens with one attached hydrogen (secondary N) is 1. The standard InChI is InChI=1S/C9H16N2O.2C2H6/c1-11-7-9(6-8(11)12)2-4-10-5-3-9;2*1-2/h10H,2-7H2,1H3;2*1-2H3. The molecule has 96 valence electrons.